The van der Waals surface area contributed by atoms with E-state index in [4.69, 9.17) is 5.11 Å². The van der Waals surface area contributed by atoms with Crippen molar-refractivity contribution < 1.29 is 14.3 Å². The van der Waals surface area contributed by atoms with Gasteiger partial charge in [-0.1, -0.05) is 25.1 Å². The van der Waals surface area contributed by atoms with Crippen LogP contribution in [-0.4, -0.2) is 35.1 Å². The zero-order valence-corrected chi connectivity index (χ0v) is 11.3. The quantitative estimate of drug-likeness (QED) is 0.888. The predicted molar refractivity (Wildman–Crippen MR) is 71.4 cm³/mol. The lowest BCUT2D eigenvalue weighted by molar-refractivity contribution is -0.145. The Labute approximate surface area is 113 Å². The molecule has 0 spiro atoms. The van der Waals surface area contributed by atoms with Crippen molar-refractivity contribution in [3.05, 3.63) is 35.6 Å². The molecule has 0 radical (unpaired) electrons. The van der Waals surface area contributed by atoms with E-state index in [1.54, 1.807) is 13.0 Å². The zero-order chi connectivity index (χ0) is 14.0. The molecule has 2 atom stereocenters. The molecule has 19 heavy (non-hydrogen) atoms. The Hall–Kier alpha value is -1.42. The van der Waals surface area contributed by atoms with Crippen LogP contribution in [0.3, 0.4) is 0 Å². The van der Waals surface area contributed by atoms with Crippen LogP contribution in [0.2, 0.25) is 0 Å². The molecule has 0 saturated carbocycles. The third-order valence-corrected chi connectivity index (χ3v) is 4.13. The molecule has 104 valence electrons. The molecule has 2 unspecified atom stereocenters. The lowest BCUT2D eigenvalue weighted by Crippen LogP contribution is -2.54. The summed E-state index contributed by atoms with van der Waals surface area (Å²) < 4.78 is 13.5. The second-order valence-electron chi connectivity index (χ2n) is 5.49. The molecule has 1 N–H and O–H groups in total. The number of carboxylic acids is 1. The monoisotopic (exact) mass is 265 g/mol. The van der Waals surface area contributed by atoms with Gasteiger partial charge in [-0.25, -0.2) is 4.39 Å². The van der Waals surface area contributed by atoms with E-state index in [2.05, 4.69) is 11.8 Å². The highest BCUT2D eigenvalue weighted by molar-refractivity contribution is 5.70. The number of nitrogens with zero attached hydrogens (tertiary/aromatic N) is 1. The average Bonchev–Trinajstić information content (AvgIpc) is 2.30. The molecular weight excluding hydrogens is 245 g/mol. The molecule has 1 aliphatic heterocycles. The highest BCUT2D eigenvalue weighted by atomic mass is 19.1. The first kappa shape index (κ1) is 14.0. The Morgan fingerprint density at radius 1 is 1.42 bits per heavy atom. The summed E-state index contributed by atoms with van der Waals surface area (Å²) in [7, 11) is 0. The van der Waals surface area contributed by atoms with E-state index in [9.17, 15) is 9.18 Å². The summed E-state index contributed by atoms with van der Waals surface area (Å²) in [5.74, 6) is -0.964. The van der Waals surface area contributed by atoms with Crippen LogP contribution in [0.25, 0.3) is 0 Å². The van der Waals surface area contributed by atoms with Crippen LogP contribution in [0.1, 0.15) is 19.4 Å². The second-order valence-corrected chi connectivity index (χ2v) is 5.49. The largest absolute Gasteiger partial charge is 0.481 e. The van der Waals surface area contributed by atoms with E-state index in [1.165, 1.54) is 6.07 Å². The fourth-order valence-electron chi connectivity index (χ4n) is 2.54. The van der Waals surface area contributed by atoms with Gasteiger partial charge in [0.25, 0.3) is 0 Å². The summed E-state index contributed by atoms with van der Waals surface area (Å²) in [6.45, 7) is 5.41. The van der Waals surface area contributed by atoms with Crippen molar-refractivity contribution in [1.29, 1.82) is 0 Å². The third-order valence-electron chi connectivity index (χ3n) is 4.13. The molecule has 1 aliphatic rings. The average molecular weight is 265 g/mol. The summed E-state index contributed by atoms with van der Waals surface area (Å²) in [5, 5.41) is 8.95. The maximum absolute atomic E-state index is 13.5. The molecule has 1 heterocycles. The maximum Gasteiger partial charge on any atom is 0.306 e. The van der Waals surface area contributed by atoms with E-state index in [1.807, 2.05) is 12.1 Å². The van der Waals surface area contributed by atoms with Gasteiger partial charge in [-0.05, 0) is 30.9 Å². The minimum atomic E-state index is -0.730. The Bertz CT molecular complexity index is 457. The second kappa shape index (κ2) is 5.70. The molecule has 0 aromatic heterocycles. The summed E-state index contributed by atoms with van der Waals surface area (Å²) in [6.07, 6.45) is 0.668. The van der Waals surface area contributed by atoms with Gasteiger partial charge < -0.3 is 5.11 Å². The number of carboxylic acid groups (broad SMARTS) is 1. The molecule has 1 aromatic carbocycles. The van der Waals surface area contributed by atoms with Gasteiger partial charge in [-0.2, -0.15) is 0 Å². The topological polar surface area (TPSA) is 40.5 Å². The molecule has 2 rings (SSSR count). The van der Waals surface area contributed by atoms with Crippen molar-refractivity contribution in [2.75, 3.05) is 13.1 Å². The van der Waals surface area contributed by atoms with Gasteiger partial charge in [0.1, 0.15) is 5.82 Å². The SMILES string of the molecule is CC(C(=O)O)C1CN(C(C)Cc2ccccc2F)C1. The summed E-state index contributed by atoms with van der Waals surface area (Å²) in [6, 6.07) is 7.07. The first-order valence-corrected chi connectivity index (χ1v) is 6.69. The fraction of sp³-hybridized carbons (Fsp3) is 0.533. The molecule has 1 fully saturated rings. The van der Waals surface area contributed by atoms with Crippen LogP contribution in [-0.2, 0) is 11.2 Å². The predicted octanol–water partition coefficient (Wildman–Crippen LogP) is 2.41. The highest BCUT2D eigenvalue weighted by Crippen LogP contribution is 2.27. The number of benzene rings is 1. The number of hydrogen-bond acceptors (Lipinski definition) is 2. The highest BCUT2D eigenvalue weighted by Gasteiger charge is 2.36. The molecular formula is C15H20FNO2. The van der Waals surface area contributed by atoms with E-state index >= 15 is 0 Å². The number of carbonyl (C=O) groups is 1. The Balaban J connectivity index is 1.85. The Morgan fingerprint density at radius 2 is 2.05 bits per heavy atom. The van der Waals surface area contributed by atoms with E-state index in [0.717, 1.165) is 18.7 Å². The summed E-state index contributed by atoms with van der Waals surface area (Å²) >= 11 is 0. The van der Waals surface area contributed by atoms with Crippen molar-refractivity contribution in [1.82, 2.24) is 4.90 Å². The molecule has 3 nitrogen and oxygen atoms in total. The van der Waals surface area contributed by atoms with Gasteiger partial charge in [0.15, 0.2) is 0 Å². The molecule has 0 bridgehead atoms. The standard InChI is InChI=1S/C15H20FNO2/c1-10(7-12-5-3-4-6-14(12)16)17-8-13(9-17)11(2)15(18)19/h3-6,10-11,13H,7-9H2,1-2H3,(H,18,19). The van der Waals surface area contributed by atoms with Crippen molar-refractivity contribution in [2.24, 2.45) is 11.8 Å². The molecule has 4 heteroatoms. The van der Waals surface area contributed by atoms with Gasteiger partial charge in [-0.3, -0.25) is 9.69 Å². The fourth-order valence-corrected chi connectivity index (χ4v) is 2.54. The van der Waals surface area contributed by atoms with Crippen molar-refractivity contribution in [2.45, 2.75) is 26.3 Å². The zero-order valence-electron chi connectivity index (χ0n) is 11.3. The number of likely N-dealkylation sites (tertiary alicyclic amines) is 1. The Kier molecular flexibility index (Phi) is 4.20. The molecule has 0 amide bonds. The van der Waals surface area contributed by atoms with Crippen LogP contribution in [0.5, 0.6) is 0 Å². The lowest BCUT2D eigenvalue weighted by atomic mass is 9.85. The maximum atomic E-state index is 13.5. The first-order valence-electron chi connectivity index (χ1n) is 6.69. The molecule has 1 saturated heterocycles. The van der Waals surface area contributed by atoms with Crippen LogP contribution in [0, 0.1) is 17.7 Å². The first-order chi connectivity index (χ1) is 8.99. The van der Waals surface area contributed by atoms with E-state index < -0.39 is 5.97 Å². The summed E-state index contributed by atoms with van der Waals surface area (Å²) in [5.41, 5.74) is 0.727. The molecule has 1 aromatic rings. The van der Waals surface area contributed by atoms with Gasteiger partial charge >= 0.3 is 5.97 Å². The number of rotatable bonds is 5. The Morgan fingerprint density at radius 3 is 2.63 bits per heavy atom. The smallest absolute Gasteiger partial charge is 0.306 e. The van der Waals surface area contributed by atoms with Crippen molar-refractivity contribution in [3.8, 4) is 0 Å². The van der Waals surface area contributed by atoms with Gasteiger partial charge in [0, 0.05) is 19.1 Å². The number of aliphatic carboxylic acids is 1. The van der Waals surface area contributed by atoms with Crippen LogP contribution in [0.4, 0.5) is 4.39 Å². The van der Waals surface area contributed by atoms with Crippen molar-refractivity contribution >= 4 is 5.97 Å². The van der Waals surface area contributed by atoms with Crippen molar-refractivity contribution in [3.63, 3.8) is 0 Å². The number of hydrogen-bond donors (Lipinski definition) is 1. The number of halogens is 1. The normalized spacial score (nSPS) is 19.7. The lowest BCUT2D eigenvalue weighted by Gasteiger charge is -2.45. The van der Waals surface area contributed by atoms with E-state index in [0.29, 0.717) is 6.42 Å². The van der Waals surface area contributed by atoms with Gasteiger partial charge in [-0.15, -0.1) is 0 Å². The van der Waals surface area contributed by atoms with Gasteiger partial charge in [0.05, 0.1) is 5.92 Å². The summed E-state index contributed by atoms with van der Waals surface area (Å²) in [4.78, 5) is 13.1. The van der Waals surface area contributed by atoms with Crippen LogP contribution in [0.15, 0.2) is 24.3 Å². The minimum absolute atomic E-state index is 0.162. The van der Waals surface area contributed by atoms with E-state index in [-0.39, 0.29) is 23.7 Å². The third kappa shape index (κ3) is 3.13. The minimum Gasteiger partial charge on any atom is -0.481 e. The van der Waals surface area contributed by atoms with Crippen LogP contribution >= 0.6 is 0 Å². The molecule has 0 aliphatic carbocycles. The van der Waals surface area contributed by atoms with Gasteiger partial charge in [0.2, 0.25) is 0 Å². The van der Waals surface area contributed by atoms with Crippen LogP contribution < -0.4 is 0 Å².